The third kappa shape index (κ3) is 2.61. The minimum Gasteiger partial charge on any atom is -0.272 e. The molecule has 5 nitrogen and oxygen atoms in total. The molecule has 6 heteroatoms. The SMILES string of the molecule is C[C@@H]1CC[C@@H]2C(=O)N(NC(=O)c3ccc(Cl)cc3)C(=O)[C@H]2C1. The van der Waals surface area contributed by atoms with Crippen LogP contribution in [-0.4, -0.2) is 22.7 Å². The van der Waals surface area contributed by atoms with Crippen molar-refractivity contribution in [3.8, 4) is 0 Å². The molecule has 1 aromatic carbocycles. The maximum absolute atomic E-state index is 12.4. The Morgan fingerprint density at radius 3 is 2.45 bits per heavy atom. The Labute approximate surface area is 133 Å². The normalized spacial score (nSPS) is 27.7. The number of amides is 3. The zero-order valence-electron chi connectivity index (χ0n) is 12.2. The summed E-state index contributed by atoms with van der Waals surface area (Å²) in [6.45, 7) is 2.09. The van der Waals surface area contributed by atoms with Crippen LogP contribution in [-0.2, 0) is 9.59 Å². The fraction of sp³-hybridized carbons (Fsp3) is 0.438. The van der Waals surface area contributed by atoms with E-state index in [1.807, 2.05) is 0 Å². The fourth-order valence-corrected chi connectivity index (χ4v) is 3.39. The first-order valence-electron chi connectivity index (χ1n) is 7.41. The number of nitrogens with zero attached hydrogens (tertiary/aromatic N) is 1. The Bertz CT molecular complexity index is 629. The van der Waals surface area contributed by atoms with E-state index in [0.29, 0.717) is 29.3 Å². The number of hydrogen-bond acceptors (Lipinski definition) is 3. The second-order valence-corrected chi connectivity index (χ2v) is 6.53. The predicted octanol–water partition coefficient (Wildman–Crippen LogP) is 2.41. The van der Waals surface area contributed by atoms with Crippen molar-refractivity contribution in [1.82, 2.24) is 10.4 Å². The Morgan fingerprint density at radius 2 is 1.77 bits per heavy atom. The van der Waals surface area contributed by atoms with E-state index in [0.717, 1.165) is 11.4 Å². The van der Waals surface area contributed by atoms with Crippen molar-refractivity contribution in [2.45, 2.75) is 26.2 Å². The molecular weight excluding hydrogens is 304 g/mol. The molecule has 3 amide bonds. The lowest BCUT2D eigenvalue weighted by Gasteiger charge is -2.25. The summed E-state index contributed by atoms with van der Waals surface area (Å²) < 4.78 is 0. The van der Waals surface area contributed by atoms with Crippen molar-refractivity contribution < 1.29 is 14.4 Å². The van der Waals surface area contributed by atoms with Crippen LogP contribution >= 0.6 is 11.6 Å². The van der Waals surface area contributed by atoms with Crippen LogP contribution in [0, 0.1) is 17.8 Å². The quantitative estimate of drug-likeness (QED) is 0.851. The summed E-state index contributed by atoms with van der Waals surface area (Å²) in [6, 6.07) is 6.28. The summed E-state index contributed by atoms with van der Waals surface area (Å²) in [5.74, 6) is -1.20. The van der Waals surface area contributed by atoms with E-state index in [2.05, 4.69) is 12.3 Å². The van der Waals surface area contributed by atoms with E-state index in [1.54, 1.807) is 24.3 Å². The Kier molecular flexibility index (Phi) is 3.91. The van der Waals surface area contributed by atoms with Crippen molar-refractivity contribution in [1.29, 1.82) is 0 Å². The van der Waals surface area contributed by atoms with Crippen LogP contribution < -0.4 is 5.43 Å². The molecule has 116 valence electrons. The van der Waals surface area contributed by atoms with Crippen molar-refractivity contribution in [2.24, 2.45) is 17.8 Å². The average molecular weight is 321 g/mol. The summed E-state index contributed by atoms with van der Waals surface area (Å²) in [5.41, 5.74) is 2.79. The fourth-order valence-electron chi connectivity index (χ4n) is 3.27. The summed E-state index contributed by atoms with van der Waals surface area (Å²) >= 11 is 5.78. The molecule has 3 atom stereocenters. The van der Waals surface area contributed by atoms with Gasteiger partial charge in [0, 0.05) is 10.6 Å². The summed E-state index contributed by atoms with van der Waals surface area (Å²) in [4.78, 5) is 36.9. The number of hydrazine groups is 1. The van der Waals surface area contributed by atoms with Gasteiger partial charge in [0.15, 0.2) is 0 Å². The molecule has 1 aliphatic carbocycles. The van der Waals surface area contributed by atoms with Gasteiger partial charge >= 0.3 is 0 Å². The number of rotatable bonds is 2. The first-order chi connectivity index (χ1) is 10.5. The van der Waals surface area contributed by atoms with Gasteiger partial charge in [0.05, 0.1) is 11.8 Å². The zero-order valence-corrected chi connectivity index (χ0v) is 13.0. The molecule has 2 fully saturated rings. The lowest BCUT2D eigenvalue weighted by atomic mass is 9.76. The Hall–Kier alpha value is -1.88. The molecule has 1 aliphatic heterocycles. The highest BCUT2D eigenvalue weighted by molar-refractivity contribution is 6.30. The zero-order chi connectivity index (χ0) is 15.9. The van der Waals surface area contributed by atoms with E-state index in [9.17, 15) is 14.4 Å². The van der Waals surface area contributed by atoms with E-state index in [4.69, 9.17) is 11.6 Å². The van der Waals surface area contributed by atoms with Crippen LogP contribution in [0.3, 0.4) is 0 Å². The van der Waals surface area contributed by atoms with Crippen molar-refractivity contribution in [3.63, 3.8) is 0 Å². The van der Waals surface area contributed by atoms with Gasteiger partial charge in [0.1, 0.15) is 0 Å². The first-order valence-corrected chi connectivity index (χ1v) is 7.79. The van der Waals surface area contributed by atoms with Gasteiger partial charge in [0.25, 0.3) is 17.7 Å². The van der Waals surface area contributed by atoms with Crippen LogP contribution in [0.25, 0.3) is 0 Å². The number of hydrogen-bond donors (Lipinski definition) is 1. The smallest absolute Gasteiger partial charge is 0.270 e. The Balaban J connectivity index is 1.75. The molecule has 0 radical (unpaired) electrons. The summed E-state index contributed by atoms with van der Waals surface area (Å²) in [5, 5.41) is 1.43. The monoisotopic (exact) mass is 320 g/mol. The second-order valence-electron chi connectivity index (χ2n) is 6.09. The number of carbonyl (C=O) groups excluding carboxylic acids is 3. The van der Waals surface area contributed by atoms with Crippen LogP contribution in [0.4, 0.5) is 0 Å². The van der Waals surface area contributed by atoms with E-state index < -0.39 is 5.91 Å². The molecule has 2 aliphatic rings. The topological polar surface area (TPSA) is 66.5 Å². The average Bonchev–Trinajstić information content (AvgIpc) is 2.72. The van der Waals surface area contributed by atoms with Crippen molar-refractivity contribution in [2.75, 3.05) is 0 Å². The van der Waals surface area contributed by atoms with E-state index >= 15 is 0 Å². The van der Waals surface area contributed by atoms with Gasteiger partial charge in [-0.15, -0.1) is 0 Å². The number of fused-ring (bicyclic) bond motifs is 1. The number of carbonyl (C=O) groups is 3. The highest BCUT2D eigenvalue weighted by Gasteiger charge is 2.50. The highest BCUT2D eigenvalue weighted by atomic mass is 35.5. The first kappa shape index (κ1) is 15.0. The standard InChI is InChI=1S/C16H17ClN2O3/c1-9-2-7-12-13(8-9)16(22)19(15(12)21)18-14(20)10-3-5-11(17)6-4-10/h3-6,9,12-13H,2,7-8H2,1H3,(H,18,20)/t9-,12+,13+/m1/s1. The molecule has 1 saturated heterocycles. The second kappa shape index (κ2) is 5.72. The molecule has 0 bridgehead atoms. The van der Waals surface area contributed by atoms with Gasteiger partial charge in [0.2, 0.25) is 0 Å². The number of benzene rings is 1. The molecule has 0 aromatic heterocycles. The lowest BCUT2D eigenvalue weighted by Crippen LogP contribution is -2.46. The largest absolute Gasteiger partial charge is 0.272 e. The molecular formula is C16H17ClN2O3. The number of nitrogens with one attached hydrogen (secondary N) is 1. The lowest BCUT2D eigenvalue weighted by molar-refractivity contribution is -0.142. The molecule has 1 saturated carbocycles. The summed E-state index contributed by atoms with van der Waals surface area (Å²) in [7, 11) is 0. The van der Waals surface area contributed by atoms with Crippen LogP contribution in [0.1, 0.15) is 36.5 Å². The number of imide groups is 1. The molecule has 0 unspecified atom stereocenters. The van der Waals surface area contributed by atoms with Crippen LogP contribution in [0.2, 0.25) is 5.02 Å². The highest BCUT2D eigenvalue weighted by Crippen LogP contribution is 2.39. The molecule has 22 heavy (non-hydrogen) atoms. The summed E-state index contributed by atoms with van der Waals surface area (Å²) in [6.07, 6.45) is 2.37. The minimum atomic E-state index is -0.481. The molecule has 1 heterocycles. The maximum atomic E-state index is 12.4. The van der Waals surface area contributed by atoms with Crippen molar-refractivity contribution >= 4 is 29.3 Å². The van der Waals surface area contributed by atoms with Gasteiger partial charge in [-0.1, -0.05) is 18.5 Å². The van der Waals surface area contributed by atoms with Crippen LogP contribution in [0.5, 0.6) is 0 Å². The molecule has 0 spiro atoms. The van der Waals surface area contributed by atoms with Gasteiger partial charge in [-0.05, 0) is 49.4 Å². The third-order valence-electron chi connectivity index (χ3n) is 4.51. The molecule has 1 aromatic rings. The van der Waals surface area contributed by atoms with Gasteiger partial charge < -0.3 is 0 Å². The van der Waals surface area contributed by atoms with Crippen LogP contribution in [0.15, 0.2) is 24.3 Å². The molecule has 3 rings (SSSR count). The van der Waals surface area contributed by atoms with E-state index in [1.165, 1.54) is 0 Å². The molecule has 1 N–H and O–H groups in total. The van der Waals surface area contributed by atoms with Gasteiger partial charge in [-0.25, -0.2) is 0 Å². The van der Waals surface area contributed by atoms with E-state index in [-0.39, 0.29) is 23.7 Å². The van der Waals surface area contributed by atoms with Gasteiger partial charge in [-0.3, -0.25) is 19.8 Å². The van der Waals surface area contributed by atoms with Crippen molar-refractivity contribution in [3.05, 3.63) is 34.9 Å². The third-order valence-corrected chi connectivity index (χ3v) is 4.76. The van der Waals surface area contributed by atoms with Gasteiger partial charge in [-0.2, -0.15) is 5.01 Å². The predicted molar refractivity (Wildman–Crippen MR) is 80.8 cm³/mol. The minimum absolute atomic E-state index is 0.283. The number of halogens is 1. The Morgan fingerprint density at radius 1 is 1.14 bits per heavy atom. The maximum Gasteiger partial charge on any atom is 0.270 e.